The number of nitrogens with one attached hydrogen (secondary N) is 1. The fourth-order valence-electron chi connectivity index (χ4n) is 2.53. The highest BCUT2D eigenvalue weighted by Gasteiger charge is 2.21. The summed E-state index contributed by atoms with van der Waals surface area (Å²) < 4.78 is 5.38. The number of hydrogen-bond acceptors (Lipinski definition) is 6. The van der Waals surface area contributed by atoms with Gasteiger partial charge >= 0.3 is 5.97 Å². The molecule has 0 bridgehead atoms. The van der Waals surface area contributed by atoms with E-state index in [4.69, 9.17) is 9.84 Å². The second-order valence-electron chi connectivity index (χ2n) is 5.13. The highest BCUT2D eigenvalue weighted by molar-refractivity contribution is 5.68. The van der Waals surface area contributed by atoms with Gasteiger partial charge in [0.25, 0.3) is 0 Å². The first-order valence-electron chi connectivity index (χ1n) is 7.31. The lowest BCUT2D eigenvalue weighted by Crippen LogP contribution is -2.41. The van der Waals surface area contributed by atoms with E-state index in [1.165, 1.54) is 0 Å². The lowest BCUT2D eigenvalue weighted by Gasteiger charge is -2.33. The summed E-state index contributed by atoms with van der Waals surface area (Å²) in [5, 5.41) is 11.6. The first kappa shape index (κ1) is 15.5. The van der Waals surface area contributed by atoms with Gasteiger partial charge in [-0.1, -0.05) is 0 Å². The molecule has 0 spiro atoms. The average molecular weight is 294 g/mol. The van der Waals surface area contributed by atoms with Crippen molar-refractivity contribution in [2.24, 2.45) is 5.92 Å². The van der Waals surface area contributed by atoms with Crippen molar-refractivity contribution in [1.29, 1.82) is 0 Å². The van der Waals surface area contributed by atoms with Crippen molar-refractivity contribution < 1.29 is 14.6 Å². The van der Waals surface area contributed by atoms with Crippen LogP contribution in [0.3, 0.4) is 0 Å². The van der Waals surface area contributed by atoms with Gasteiger partial charge in [0.1, 0.15) is 0 Å². The van der Waals surface area contributed by atoms with Crippen LogP contribution in [0.15, 0.2) is 12.4 Å². The summed E-state index contributed by atoms with van der Waals surface area (Å²) >= 11 is 0. The Labute approximate surface area is 124 Å². The predicted molar refractivity (Wildman–Crippen MR) is 78.6 cm³/mol. The van der Waals surface area contributed by atoms with E-state index in [0.29, 0.717) is 24.9 Å². The van der Waals surface area contributed by atoms with E-state index >= 15 is 0 Å². The first-order chi connectivity index (χ1) is 10.2. The van der Waals surface area contributed by atoms with Gasteiger partial charge in [0.2, 0.25) is 5.88 Å². The number of carbonyl (C=O) groups is 1. The third-order valence-corrected chi connectivity index (χ3v) is 3.44. The Morgan fingerprint density at radius 1 is 1.57 bits per heavy atom. The first-order valence-corrected chi connectivity index (χ1v) is 7.31. The van der Waals surface area contributed by atoms with Gasteiger partial charge in [-0.2, -0.15) is 4.98 Å². The van der Waals surface area contributed by atoms with Gasteiger partial charge in [0.05, 0.1) is 25.5 Å². The zero-order valence-electron chi connectivity index (χ0n) is 12.3. The Morgan fingerprint density at radius 3 is 3.19 bits per heavy atom. The normalized spacial score (nSPS) is 18.5. The standard InChI is InChI=1S/C14H22N4O3/c1-2-21-13-8-16-7-12(17-13)18-5-3-4-11(10-18)6-15-9-14(19)20/h7-8,11,15H,2-6,9-10H2,1H3,(H,19,20). The van der Waals surface area contributed by atoms with Crippen molar-refractivity contribution in [2.45, 2.75) is 19.8 Å². The number of anilines is 1. The predicted octanol–water partition coefficient (Wildman–Crippen LogP) is 0.766. The highest BCUT2D eigenvalue weighted by atomic mass is 16.5. The van der Waals surface area contributed by atoms with Crippen LogP contribution in [0.5, 0.6) is 5.88 Å². The van der Waals surface area contributed by atoms with Gasteiger partial charge in [0.15, 0.2) is 5.82 Å². The van der Waals surface area contributed by atoms with Crippen molar-refractivity contribution in [3.63, 3.8) is 0 Å². The SMILES string of the molecule is CCOc1cncc(N2CCCC(CNCC(=O)O)C2)n1. The molecule has 2 heterocycles. The number of ether oxygens (including phenoxy) is 1. The molecule has 1 saturated heterocycles. The Morgan fingerprint density at radius 2 is 2.43 bits per heavy atom. The van der Waals surface area contributed by atoms with Crippen LogP contribution >= 0.6 is 0 Å². The summed E-state index contributed by atoms with van der Waals surface area (Å²) in [7, 11) is 0. The summed E-state index contributed by atoms with van der Waals surface area (Å²) in [6.07, 6.45) is 5.53. The molecular formula is C14H22N4O3. The van der Waals surface area contributed by atoms with E-state index in [1.807, 2.05) is 6.92 Å². The fourth-order valence-corrected chi connectivity index (χ4v) is 2.53. The molecule has 1 aromatic rings. The minimum atomic E-state index is -0.821. The van der Waals surface area contributed by atoms with Crippen molar-refractivity contribution in [2.75, 3.05) is 37.7 Å². The maximum absolute atomic E-state index is 10.5. The van der Waals surface area contributed by atoms with Crippen molar-refractivity contribution in [1.82, 2.24) is 15.3 Å². The molecule has 21 heavy (non-hydrogen) atoms. The van der Waals surface area contributed by atoms with Crippen LogP contribution in [0.1, 0.15) is 19.8 Å². The number of aromatic nitrogens is 2. The number of piperidine rings is 1. The lowest BCUT2D eigenvalue weighted by molar-refractivity contribution is -0.136. The van der Waals surface area contributed by atoms with Gasteiger partial charge in [-0.05, 0) is 25.7 Å². The molecule has 2 N–H and O–H groups in total. The summed E-state index contributed by atoms with van der Waals surface area (Å²) in [6.45, 7) is 5.01. The topological polar surface area (TPSA) is 87.6 Å². The van der Waals surface area contributed by atoms with Crippen molar-refractivity contribution in [3.05, 3.63) is 12.4 Å². The molecule has 0 aromatic carbocycles. The molecule has 1 aliphatic rings. The third kappa shape index (κ3) is 4.86. The van der Waals surface area contributed by atoms with Gasteiger partial charge < -0.3 is 20.1 Å². The molecule has 116 valence electrons. The quantitative estimate of drug-likeness (QED) is 0.767. The molecule has 1 aromatic heterocycles. The van der Waals surface area contributed by atoms with E-state index in [1.54, 1.807) is 12.4 Å². The Balaban J connectivity index is 1.90. The van der Waals surface area contributed by atoms with Crippen LogP contribution in [0.4, 0.5) is 5.82 Å². The summed E-state index contributed by atoms with van der Waals surface area (Å²) in [5.41, 5.74) is 0. The molecule has 0 radical (unpaired) electrons. The number of nitrogens with zero attached hydrogens (tertiary/aromatic N) is 3. The molecule has 1 fully saturated rings. The third-order valence-electron chi connectivity index (χ3n) is 3.44. The van der Waals surface area contributed by atoms with Crippen LogP contribution in [0.2, 0.25) is 0 Å². The molecule has 7 heteroatoms. The maximum Gasteiger partial charge on any atom is 0.317 e. The van der Waals surface area contributed by atoms with Gasteiger partial charge in [-0.3, -0.25) is 9.78 Å². The molecule has 0 aliphatic carbocycles. The van der Waals surface area contributed by atoms with E-state index in [9.17, 15) is 4.79 Å². The zero-order valence-corrected chi connectivity index (χ0v) is 12.3. The maximum atomic E-state index is 10.5. The van der Waals surface area contributed by atoms with Gasteiger partial charge in [0, 0.05) is 19.6 Å². The number of hydrogen-bond donors (Lipinski definition) is 2. The van der Waals surface area contributed by atoms with Crippen LogP contribution in [-0.2, 0) is 4.79 Å². The largest absolute Gasteiger partial charge is 0.480 e. The van der Waals surface area contributed by atoms with E-state index < -0.39 is 5.97 Å². The minimum absolute atomic E-state index is 0.0101. The number of rotatable bonds is 7. The summed E-state index contributed by atoms with van der Waals surface area (Å²) in [5.74, 6) is 0.971. The monoisotopic (exact) mass is 294 g/mol. The van der Waals surface area contributed by atoms with Gasteiger partial charge in [-0.15, -0.1) is 0 Å². The Bertz CT molecular complexity index is 469. The zero-order chi connectivity index (χ0) is 15.1. The van der Waals surface area contributed by atoms with Crippen LogP contribution in [0.25, 0.3) is 0 Å². The van der Waals surface area contributed by atoms with Crippen molar-refractivity contribution >= 4 is 11.8 Å². The molecule has 0 saturated carbocycles. The molecule has 7 nitrogen and oxygen atoms in total. The van der Waals surface area contributed by atoms with Crippen LogP contribution < -0.4 is 15.0 Å². The number of carboxylic acids is 1. The summed E-state index contributed by atoms with van der Waals surface area (Å²) in [4.78, 5) is 21.3. The smallest absolute Gasteiger partial charge is 0.317 e. The number of aliphatic carboxylic acids is 1. The lowest BCUT2D eigenvalue weighted by atomic mass is 9.98. The second-order valence-corrected chi connectivity index (χ2v) is 5.13. The van der Waals surface area contributed by atoms with Crippen molar-refractivity contribution in [3.8, 4) is 5.88 Å². The Kier molecular flexibility index (Phi) is 5.74. The van der Waals surface area contributed by atoms with Gasteiger partial charge in [-0.25, -0.2) is 0 Å². The van der Waals surface area contributed by atoms with E-state index in [0.717, 1.165) is 31.7 Å². The highest BCUT2D eigenvalue weighted by Crippen LogP contribution is 2.22. The molecule has 0 amide bonds. The fraction of sp³-hybridized carbons (Fsp3) is 0.643. The second kappa shape index (κ2) is 7.78. The van der Waals surface area contributed by atoms with Crippen LogP contribution in [0, 0.1) is 5.92 Å². The minimum Gasteiger partial charge on any atom is -0.480 e. The number of carboxylic acid groups (broad SMARTS) is 1. The molecular weight excluding hydrogens is 272 g/mol. The molecule has 1 atom stereocenters. The Hall–Kier alpha value is -1.89. The van der Waals surface area contributed by atoms with E-state index in [2.05, 4.69) is 20.2 Å². The molecule has 1 aliphatic heterocycles. The van der Waals surface area contributed by atoms with E-state index in [-0.39, 0.29) is 6.54 Å². The average Bonchev–Trinajstić information content (AvgIpc) is 2.48. The summed E-state index contributed by atoms with van der Waals surface area (Å²) in [6, 6.07) is 0. The molecule has 2 rings (SSSR count). The van der Waals surface area contributed by atoms with Crippen LogP contribution in [-0.4, -0.2) is 53.8 Å². The molecule has 1 unspecified atom stereocenters.